The number of hydrogen-bond donors (Lipinski definition) is 1. The van der Waals surface area contributed by atoms with Crippen LogP contribution >= 0.6 is 23.2 Å². The molecule has 6 heteroatoms. The van der Waals surface area contributed by atoms with Gasteiger partial charge in [0.25, 0.3) is 0 Å². The summed E-state index contributed by atoms with van der Waals surface area (Å²) in [5.41, 5.74) is 4.86. The predicted molar refractivity (Wildman–Crippen MR) is 122 cm³/mol. The summed E-state index contributed by atoms with van der Waals surface area (Å²) in [6.45, 7) is 2.30. The predicted octanol–water partition coefficient (Wildman–Crippen LogP) is 6.82. The Morgan fingerprint density at radius 3 is 2.77 bits per heavy atom. The maximum absolute atomic E-state index is 9.73. The van der Waals surface area contributed by atoms with Gasteiger partial charge in [-0.2, -0.15) is 5.26 Å². The fraction of sp³-hybridized carbons (Fsp3) is 0.0833. The number of rotatable bonds is 5. The monoisotopic (exact) mass is 433 g/mol. The van der Waals surface area contributed by atoms with Crippen LogP contribution in [0.2, 0.25) is 10.0 Å². The Bertz CT molecular complexity index is 1300. The Hall–Kier alpha value is -3.26. The van der Waals surface area contributed by atoms with Crippen molar-refractivity contribution in [2.24, 2.45) is 0 Å². The van der Waals surface area contributed by atoms with Crippen molar-refractivity contribution < 1.29 is 4.74 Å². The van der Waals surface area contributed by atoms with Gasteiger partial charge in [-0.1, -0.05) is 53.5 Å². The van der Waals surface area contributed by atoms with E-state index in [0.29, 0.717) is 27.2 Å². The van der Waals surface area contributed by atoms with Gasteiger partial charge in [-0.05, 0) is 48.9 Å². The van der Waals surface area contributed by atoms with Gasteiger partial charge in [0, 0.05) is 21.2 Å². The number of nitrogens with zero attached hydrogens (tertiary/aromatic N) is 2. The first kappa shape index (κ1) is 20.0. The van der Waals surface area contributed by atoms with Crippen LogP contribution in [0.4, 0.5) is 0 Å². The van der Waals surface area contributed by atoms with Crippen LogP contribution in [0.25, 0.3) is 22.7 Å². The maximum Gasteiger partial charge on any atom is 0.149 e. The highest BCUT2D eigenvalue weighted by Crippen LogP contribution is 2.27. The van der Waals surface area contributed by atoms with Crippen molar-refractivity contribution in [3.63, 3.8) is 0 Å². The molecule has 3 aromatic carbocycles. The summed E-state index contributed by atoms with van der Waals surface area (Å²) < 4.78 is 5.99. The molecule has 4 aromatic rings. The van der Waals surface area contributed by atoms with Crippen LogP contribution in [-0.4, -0.2) is 9.97 Å². The third kappa shape index (κ3) is 4.33. The molecule has 4 rings (SSSR count). The molecule has 0 atom stereocenters. The van der Waals surface area contributed by atoms with Gasteiger partial charge in [0.05, 0.1) is 16.6 Å². The first-order chi connectivity index (χ1) is 14.5. The van der Waals surface area contributed by atoms with E-state index in [1.807, 2.05) is 55.5 Å². The number of nitrogens with one attached hydrogen (secondary N) is 1. The highest BCUT2D eigenvalue weighted by molar-refractivity contribution is 6.35. The molecule has 148 valence electrons. The lowest BCUT2D eigenvalue weighted by Crippen LogP contribution is -1.98. The van der Waals surface area contributed by atoms with Crippen LogP contribution in [0.15, 0.2) is 60.7 Å². The molecule has 0 spiro atoms. The minimum absolute atomic E-state index is 0.284. The number of para-hydroxylation sites is 1. The van der Waals surface area contributed by atoms with Crippen molar-refractivity contribution in [1.29, 1.82) is 5.26 Å². The van der Waals surface area contributed by atoms with E-state index in [0.717, 1.165) is 27.7 Å². The van der Waals surface area contributed by atoms with Crippen molar-refractivity contribution >= 4 is 45.9 Å². The van der Waals surface area contributed by atoms with Crippen LogP contribution < -0.4 is 4.74 Å². The van der Waals surface area contributed by atoms with Gasteiger partial charge in [0.15, 0.2) is 0 Å². The van der Waals surface area contributed by atoms with Crippen molar-refractivity contribution in [3.05, 3.63) is 93.2 Å². The summed E-state index contributed by atoms with van der Waals surface area (Å²) in [7, 11) is 0. The highest BCUT2D eigenvalue weighted by Gasteiger charge is 2.11. The lowest BCUT2D eigenvalue weighted by molar-refractivity contribution is 0.305. The fourth-order valence-electron chi connectivity index (χ4n) is 3.09. The second-order valence-corrected chi connectivity index (χ2v) is 7.68. The Morgan fingerprint density at radius 1 is 1.13 bits per heavy atom. The van der Waals surface area contributed by atoms with E-state index in [-0.39, 0.29) is 6.61 Å². The second-order valence-electron chi connectivity index (χ2n) is 6.84. The van der Waals surface area contributed by atoms with Crippen LogP contribution in [0.1, 0.15) is 22.5 Å². The van der Waals surface area contributed by atoms with Crippen molar-refractivity contribution in [1.82, 2.24) is 9.97 Å². The van der Waals surface area contributed by atoms with Crippen LogP contribution in [-0.2, 0) is 6.61 Å². The number of hydrogen-bond acceptors (Lipinski definition) is 3. The lowest BCUT2D eigenvalue weighted by atomic mass is 10.1. The number of imidazole rings is 1. The summed E-state index contributed by atoms with van der Waals surface area (Å²) in [5, 5.41) is 10.9. The van der Waals surface area contributed by atoms with Crippen molar-refractivity contribution in [2.45, 2.75) is 13.5 Å². The number of H-pyrrole nitrogens is 1. The average Bonchev–Trinajstić information content (AvgIpc) is 3.15. The molecular formula is C24H17Cl2N3O. The maximum atomic E-state index is 9.73. The molecule has 0 fully saturated rings. The minimum atomic E-state index is 0.284. The van der Waals surface area contributed by atoms with Gasteiger partial charge in [-0.25, -0.2) is 4.98 Å². The molecule has 0 aliphatic heterocycles. The molecule has 4 nitrogen and oxygen atoms in total. The molecule has 0 radical (unpaired) electrons. The molecule has 0 saturated heterocycles. The van der Waals surface area contributed by atoms with Gasteiger partial charge < -0.3 is 9.72 Å². The molecule has 0 amide bonds. The van der Waals surface area contributed by atoms with Gasteiger partial charge in [-0.15, -0.1) is 0 Å². The van der Waals surface area contributed by atoms with Crippen LogP contribution in [0, 0.1) is 18.3 Å². The molecular weight excluding hydrogens is 417 g/mol. The van der Waals surface area contributed by atoms with Crippen molar-refractivity contribution in [2.75, 3.05) is 0 Å². The molecule has 0 saturated carbocycles. The zero-order valence-corrected chi connectivity index (χ0v) is 17.6. The smallest absolute Gasteiger partial charge is 0.149 e. The number of nitriles is 1. The van der Waals surface area contributed by atoms with E-state index in [1.165, 1.54) is 0 Å². The summed E-state index contributed by atoms with van der Waals surface area (Å²) >= 11 is 12.2. The molecule has 1 aromatic heterocycles. The van der Waals surface area contributed by atoms with E-state index in [4.69, 9.17) is 27.9 Å². The summed E-state index contributed by atoms with van der Waals surface area (Å²) in [4.78, 5) is 7.77. The molecule has 0 aliphatic carbocycles. The van der Waals surface area contributed by atoms with E-state index < -0.39 is 0 Å². The number of halogens is 2. The van der Waals surface area contributed by atoms with E-state index >= 15 is 0 Å². The molecule has 0 aliphatic rings. The molecule has 0 unspecified atom stereocenters. The summed E-state index contributed by atoms with van der Waals surface area (Å²) in [6.07, 6.45) is 1.77. The third-order valence-corrected chi connectivity index (χ3v) is 5.22. The number of fused-ring (bicyclic) bond motifs is 1. The van der Waals surface area contributed by atoms with Gasteiger partial charge in [0.1, 0.15) is 24.3 Å². The molecule has 0 bridgehead atoms. The second kappa shape index (κ2) is 8.62. The quantitative estimate of drug-likeness (QED) is 0.351. The molecule has 1 heterocycles. The Morgan fingerprint density at radius 2 is 1.97 bits per heavy atom. The number of allylic oxidation sites excluding steroid dienone is 1. The third-order valence-electron chi connectivity index (χ3n) is 4.63. The topological polar surface area (TPSA) is 61.7 Å². The minimum Gasteiger partial charge on any atom is -0.488 e. The lowest BCUT2D eigenvalue weighted by Gasteiger charge is -2.11. The SMILES string of the molecule is Cc1ccc2nc(C(C#N)=Cc3ccccc3OCc3ccc(Cl)cc3Cl)[nH]c2c1. The van der Waals surface area contributed by atoms with Gasteiger partial charge >= 0.3 is 0 Å². The number of aromatic amines is 1. The van der Waals surface area contributed by atoms with Crippen molar-refractivity contribution in [3.8, 4) is 11.8 Å². The fourth-order valence-corrected chi connectivity index (χ4v) is 3.55. The number of aromatic nitrogens is 2. The first-order valence-electron chi connectivity index (χ1n) is 9.28. The Balaban J connectivity index is 1.64. The summed E-state index contributed by atoms with van der Waals surface area (Å²) in [6, 6.07) is 21.0. The Kier molecular flexibility index (Phi) is 5.76. The Labute approximate surface area is 184 Å². The van der Waals surface area contributed by atoms with Gasteiger partial charge in [-0.3, -0.25) is 0 Å². The standard InChI is InChI=1S/C24H17Cl2N3O/c1-15-6-9-21-22(10-15)29-24(28-21)18(13-27)11-16-4-2-3-5-23(16)30-14-17-7-8-19(25)12-20(17)26/h2-12H,14H2,1H3,(H,28,29). The van der Waals surface area contributed by atoms with Crippen LogP contribution in [0.3, 0.4) is 0 Å². The largest absolute Gasteiger partial charge is 0.488 e. The molecule has 1 N–H and O–H groups in total. The van der Waals surface area contributed by atoms with Crippen LogP contribution in [0.5, 0.6) is 5.75 Å². The van der Waals surface area contributed by atoms with Gasteiger partial charge in [0.2, 0.25) is 0 Å². The summed E-state index contributed by atoms with van der Waals surface area (Å²) in [5.74, 6) is 1.16. The number of aryl methyl sites for hydroxylation is 1. The van der Waals surface area contributed by atoms with E-state index in [9.17, 15) is 5.26 Å². The average molecular weight is 434 g/mol. The van der Waals surface area contributed by atoms with E-state index in [2.05, 4.69) is 16.0 Å². The number of ether oxygens (including phenoxy) is 1. The first-order valence-corrected chi connectivity index (χ1v) is 10.0. The zero-order chi connectivity index (χ0) is 21.1. The molecule has 30 heavy (non-hydrogen) atoms. The van der Waals surface area contributed by atoms with E-state index in [1.54, 1.807) is 18.2 Å². The zero-order valence-electron chi connectivity index (χ0n) is 16.1. The highest BCUT2D eigenvalue weighted by atomic mass is 35.5. The normalized spacial score (nSPS) is 11.5. The number of benzene rings is 3.